The monoisotopic (exact) mass is 354 g/mol. The Morgan fingerprint density at radius 2 is 1.95 bits per heavy atom. The zero-order chi connectivity index (χ0) is 15.6. The molecule has 0 bridgehead atoms. The number of anilines is 1. The third kappa shape index (κ3) is 4.43. The van der Waals surface area contributed by atoms with E-state index in [2.05, 4.69) is 25.7 Å². The predicted octanol–water partition coefficient (Wildman–Crippen LogP) is 1.63. The molecule has 0 spiro atoms. The Morgan fingerprint density at radius 3 is 2.48 bits per heavy atom. The Kier molecular flexibility index (Phi) is 4.91. The van der Waals surface area contributed by atoms with Gasteiger partial charge in [-0.2, -0.15) is 0 Å². The number of nitrogens with one attached hydrogen (secondary N) is 1. The van der Waals surface area contributed by atoms with Crippen LogP contribution >= 0.6 is 15.9 Å². The van der Waals surface area contributed by atoms with E-state index in [1.54, 1.807) is 0 Å². The lowest BCUT2D eigenvalue weighted by atomic mass is 10.1. The van der Waals surface area contributed by atoms with E-state index in [1.807, 2.05) is 32.0 Å². The number of halogens is 1. The fourth-order valence-electron chi connectivity index (χ4n) is 2.69. The van der Waals surface area contributed by atoms with Crippen molar-refractivity contribution in [3.05, 3.63) is 28.2 Å². The Bertz CT molecular complexity index is 519. The highest BCUT2D eigenvalue weighted by molar-refractivity contribution is 9.10. The van der Waals surface area contributed by atoms with Gasteiger partial charge >= 0.3 is 0 Å². The predicted molar refractivity (Wildman–Crippen MR) is 90.1 cm³/mol. The van der Waals surface area contributed by atoms with Crippen LogP contribution in [0.15, 0.2) is 22.7 Å². The minimum atomic E-state index is -0.664. The van der Waals surface area contributed by atoms with Crippen LogP contribution in [0.3, 0.4) is 0 Å². The molecule has 2 rings (SSSR count). The van der Waals surface area contributed by atoms with Crippen molar-refractivity contribution in [3.63, 3.8) is 0 Å². The lowest BCUT2D eigenvalue weighted by molar-refractivity contribution is 0.0345. The molecule has 0 unspecified atom stereocenters. The molecule has 1 aromatic carbocycles. The van der Waals surface area contributed by atoms with Gasteiger partial charge in [-0.15, -0.1) is 0 Å². The molecule has 5 nitrogen and oxygen atoms in total. The zero-order valence-corrected chi connectivity index (χ0v) is 14.2. The Hall–Kier alpha value is -1.11. The standard InChI is InChI=1S/C15H23BrN4O/c1-15(2,21)10-19-5-7-20(8-6-19)13-9-11(16)3-4-12(13)14(17)18/h3-4,9,21H,5-8,10H2,1-2H3,(H3,17,18). The number of nitrogens with zero attached hydrogens (tertiary/aromatic N) is 2. The minimum absolute atomic E-state index is 0.0939. The van der Waals surface area contributed by atoms with Crippen LogP contribution in [0.5, 0.6) is 0 Å². The van der Waals surface area contributed by atoms with Gasteiger partial charge in [0.05, 0.1) is 5.60 Å². The Balaban J connectivity index is 2.09. The first kappa shape index (κ1) is 16.3. The number of benzene rings is 1. The van der Waals surface area contributed by atoms with E-state index in [9.17, 15) is 5.11 Å². The number of nitrogen functional groups attached to an aromatic ring is 1. The molecule has 0 aromatic heterocycles. The summed E-state index contributed by atoms with van der Waals surface area (Å²) in [7, 11) is 0. The summed E-state index contributed by atoms with van der Waals surface area (Å²) in [5.74, 6) is 0.0939. The van der Waals surface area contributed by atoms with Crippen LogP contribution in [-0.2, 0) is 0 Å². The summed E-state index contributed by atoms with van der Waals surface area (Å²) in [6.45, 7) is 7.88. The van der Waals surface area contributed by atoms with Crippen molar-refractivity contribution in [2.24, 2.45) is 5.73 Å². The van der Waals surface area contributed by atoms with Crippen molar-refractivity contribution in [1.82, 2.24) is 4.90 Å². The highest BCUT2D eigenvalue weighted by Gasteiger charge is 2.24. The fraction of sp³-hybridized carbons (Fsp3) is 0.533. The molecular formula is C15H23BrN4O. The second-order valence-corrected chi connectivity index (χ2v) is 7.07. The van der Waals surface area contributed by atoms with E-state index >= 15 is 0 Å². The molecule has 1 fully saturated rings. The van der Waals surface area contributed by atoms with Crippen LogP contribution in [0.2, 0.25) is 0 Å². The lowest BCUT2D eigenvalue weighted by Crippen LogP contribution is -2.50. The molecule has 1 aliphatic heterocycles. The average Bonchev–Trinajstić information content (AvgIpc) is 2.37. The van der Waals surface area contributed by atoms with Crippen LogP contribution < -0.4 is 10.6 Å². The quantitative estimate of drug-likeness (QED) is 0.567. The second kappa shape index (κ2) is 6.34. The topological polar surface area (TPSA) is 76.6 Å². The fourth-order valence-corrected chi connectivity index (χ4v) is 3.04. The van der Waals surface area contributed by atoms with Crippen molar-refractivity contribution < 1.29 is 5.11 Å². The first-order valence-corrected chi connectivity index (χ1v) is 7.89. The van der Waals surface area contributed by atoms with Gasteiger partial charge in [-0.25, -0.2) is 0 Å². The first-order valence-electron chi connectivity index (χ1n) is 7.10. The van der Waals surface area contributed by atoms with E-state index in [-0.39, 0.29) is 5.84 Å². The maximum atomic E-state index is 9.90. The molecule has 1 aromatic rings. The summed E-state index contributed by atoms with van der Waals surface area (Å²) in [4.78, 5) is 4.52. The van der Waals surface area contributed by atoms with Crippen molar-refractivity contribution in [2.45, 2.75) is 19.4 Å². The van der Waals surface area contributed by atoms with E-state index < -0.39 is 5.60 Å². The van der Waals surface area contributed by atoms with E-state index in [0.717, 1.165) is 41.9 Å². The molecule has 0 amide bonds. The normalized spacial score (nSPS) is 17.0. The van der Waals surface area contributed by atoms with Crippen molar-refractivity contribution in [2.75, 3.05) is 37.6 Å². The van der Waals surface area contributed by atoms with Crippen molar-refractivity contribution in [1.29, 1.82) is 5.41 Å². The van der Waals surface area contributed by atoms with Crippen LogP contribution in [-0.4, -0.2) is 54.2 Å². The SMILES string of the molecule is CC(C)(O)CN1CCN(c2cc(Br)ccc2C(=N)N)CC1. The van der Waals surface area contributed by atoms with Gasteiger partial charge in [-0.05, 0) is 32.0 Å². The molecule has 0 aliphatic carbocycles. The maximum absolute atomic E-state index is 9.90. The molecule has 0 saturated carbocycles. The summed E-state index contributed by atoms with van der Waals surface area (Å²) in [6, 6.07) is 5.80. The minimum Gasteiger partial charge on any atom is -0.389 e. The average molecular weight is 355 g/mol. The molecule has 116 valence electrons. The molecule has 6 heteroatoms. The van der Waals surface area contributed by atoms with Crippen LogP contribution in [0, 0.1) is 5.41 Å². The third-order valence-corrected chi connectivity index (χ3v) is 4.07. The molecule has 1 saturated heterocycles. The number of hydrogen-bond donors (Lipinski definition) is 3. The number of hydrogen-bond acceptors (Lipinski definition) is 4. The first-order chi connectivity index (χ1) is 9.76. The summed E-state index contributed by atoms with van der Waals surface area (Å²) in [5, 5.41) is 17.6. The Labute approximate surface area is 134 Å². The summed E-state index contributed by atoms with van der Waals surface area (Å²) in [6.07, 6.45) is 0. The number of nitrogens with two attached hydrogens (primary N) is 1. The molecule has 21 heavy (non-hydrogen) atoms. The highest BCUT2D eigenvalue weighted by atomic mass is 79.9. The van der Waals surface area contributed by atoms with Crippen molar-refractivity contribution in [3.8, 4) is 0 Å². The van der Waals surface area contributed by atoms with E-state index in [4.69, 9.17) is 11.1 Å². The second-order valence-electron chi connectivity index (χ2n) is 6.15. The molecule has 1 aliphatic rings. The third-order valence-electron chi connectivity index (χ3n) is 3.57. The number of amidine groups is 1. The van der Waals surface area contributed by atoms with E-state index in [0.29, 0.717) is 6.54 Å². The molecule has 0 atom stereocenters. The van der Waals surface area contributed by atoms with Gasteiger partial charge in [0.2, 0.25) is 0 Å². The van der Waals surface area contributed by atoms with Crippen LogP contribution in [0.25, 0.3) is 0 Å². The summed E-state index contributed by atoms with van der Waals surface area (Å²) < 4.78 is 0.987. The molecular weight excluding hydrogens is 332 g/mol. The maximum Gasteiger partial charge on any atom is 0.124 e. The number of aliphatic hydroxyl groups is 1. The summed E-state index contributed by atoms with van der Waals surface area (Å²) >= 11 is 3.48. The van der Waals surface area contributed by atoms with Gasteiger partial charge in [0.25, 0.3) is 0 Å². The lowest BCUT2D eigenvalue weighted by Gasteiger charge is -2.39. The molecule has 4 N–H and O–H groups in total. The van der Waals surface area contributed by atoms with Gasteiger partial charge in [0.15, 0.2) is 0 Å². The number of rotatable bonds is 4. The smallest absolute Gasteiger partial charge is 0.124 e. The van der Waals surface area contributed by atoms with Gasteiger partial charge in [-0.1, -0.05) is 15.9 Å². The van der Waals surface area contributed by atoms with Crippen LogP contribution in [0.1, 0.15) is 19.4 Å². The van der Waals surface area contributed by atoms with Crippen LogP contribution in [0.4, 0.5) is 5.69 Å². The van der Waals surface area contributed by atoms with Gasteiger partial charge < -0.3 is 15.7 Å². The van der Waals surface area contributed by atoms with E-state index in [1.165, 1.54) is 0 Å². The zero-order valence-electron chi connectivity index (χ0n) is 12.6. The molecule has 1 heterocycles. The van der Waals surface area contributed by atoms with Gasteiger partial charge in [0, 0.05) is 48.4 Å². The Morgan fingerprint density at radius 1 is 1.33 bits per heavy atom. The number of piperazine rings is 1. The summed E-state index contributed by atoms with van der Waals surface area (Å²) in [5.41, 5.74) is 6.79. The highest BCUT2D eigenvalue weighted by Crippen LogP contribution is 2.26. The largest absolute Gasteiger partial charge is 0.389 e. The van der Waals surface area contributed by atoms with Gasteiger partial charge in [-0.3, -0.25) is 10.3 Å². The molecule has 0 radical (unpaired) electrons. The van der Waals surface area contributed by atoms with Gasteiger partial charge in [0.1, 0.15) is 5.84 Å². The number of β-amino-alcohol motifs (C(OH)–C–C–N with tert-alkyl or cyclic N) is 1. The van der Waals surface area contributed by atoms with Crippen molar-refractivity contribution >= 4 is 27.5 Å².